The van der Waals surface area contributed by atoms with Gasteiger partial charge in [0.25, 0.3) is 0 Å². The summed E-state index contributed by atoms with van der Waals surface area (Å²) in [5, 5.41) is 0. The molecule has 2 rings (SSSR count). The third-order valence-corrected chi connectivity index (χ3v) is 3.83. The molecular weight excluding hydrogens is 266 g/mol. The summed E-state index contributed by atoms with van der Waals surface area (Å²) in [6, 6.07) is 0. The number of ether oxygens (including phenoxy) is 1. The number of halogens is 1. The summed E-state index contributed by atoms with van der Waals surface area (Å²) >= 11 is 2.87. The third-order valence-electron chi connectivity index (χ3n) is 3.16. The summed E-state index contributed by atoms with van der Waals surface area (Å²) in [6.07, 6.45) is 0. The van der Waals surface area contributed by atoms with Gasteiger partial charge >= 0.3 is 5.97 Å². The fourth-order valence-electron chi connectivity index (χ4n) is 2.22. The number of fused-ring (bicyclic) bond motifs is 1. The van der Waals surface area contributed by atoms with Crippen molar-refractivity contribution in [3.05, 3.63) is 0 Å². The lowest BCUT2D eigenvalue weighted by Gasteiger charge is -2.12. The number of piperidine rings is 1. The fraction of sp³-hybridized carbons (Fsp3) is 0.667. The van der Waals surface area contributed by atoms with Crippen LogP contribution in [0.5, 0.6) is 0 Å². The number of esters is 1. The first-order valence-corrected chi connectivity index (χ1v) is 5.38. The maximum absolute atomic E-state index is 11.6. The van der Waals surface area contributed by atoms with E-state index in [1.54, 1.807) is 13.8 Å². The van der Waals surface area contributed by atoms with Crippen LogP contribution < -0.4 is 0 Å². The van der Waals surface area contributed by atoms with Gasteiger partial charge in [-0.1, -0.05) is 0 Å². The zero-order valence-corrected chi connectivity index (χ0v) is 9.91. The van der Waals surface area contributed by atoms with Gasteiger partial charge in [0, 0.05) is 0 Å². The van der Waals surface area contributed by atoms with Crippen LogP contribution >= 0.6 is 16.1 Å². The predicted molar refractivity (Wildman–Crippen MR) is 52.5 cm³/mol. The molecule has 15 heavy (non-hydrogen) atoms. The average Bonchev–Trinajstić information content (AvgIpc) is 2.78. The topological polar surface area (TPSA) is 63.7 Å². The fourth-order valence-corrected chi connectivity index (χ4v) is 2.83. The van der Waals surface area contributed by atoms with Crippen LogP contribution in [0.4, 0.5) is 0 Å². The quantitative estimate of drug-likeness (QED) is 0.418. The standard InChI is InChI=1S/C9H10BrNO4/c1-3-15-7(13)5-4-6(12)11(10)8(14)9(4,5)2/h4-5H,3H2,1-2H3. The number of hydrogen-bond donors (Lipinski definition) is 0. The minimum absolute atomic E-state index is 0.262. The summed E-state index contributed by atoms with van der Waals surface area (Å²) in [7, 11) is 0. The number of carbonyl (C=O) groups is 3. The Kier molecular flexibility index (Phi) is 2.15. The van der Waals surface area contributed by atoms with Crippen LogP contribution in [0.25, 0.3) is 0 Å². The molecule has 0 aromatic heterocycles. The number of amides is 2. The van der Waals surface area contributed by atoms with E-state index in [0.29, 0.717) is 0 Å². The Bertz CT molecular complexity index is 369. The van der Waals surface area contributed by atoms with Gasteiger partial charge in [-0.15, -0.1) is 0 Å². The van der Waals surface area contributed by atoms with Crippen molar-refractivity contribution in [1.82, 2.24) is 3.93 Å². The van der Waals surface area contributed by atoms with Gasteiger partial charge < -0.3 is 4.74 Å². The van der Waals surface area contributed by atoms with Crippen LogP contribution in [0.15, 0.2) is 0 Å². The Morgan fingerprint density at radius 2 is 2.20 bits per heavy atom. The summed E-state index contributed by atoms with van der Waals surface area (Å²) < 4.78 is 5.73. The van der Waals surface area contributed by atoms with E-state index >= 15 is 0 Å². The van der Waals surface area contributed by atoms with E-state index in [2.05, 4.69) is 16.1 Å². The van der Waals surface area contributed by atoms with Crippen LogP contribution in [-0.2, 0) is 19.1 Å². The van der Waals surface area contributed by atoms with E-state index in [1.807, 2.05) is 0 Å². The highest BCUT2D eigenvalue weighted by molar-refractivity contribution is 9.08. The van der Waals surface area contributed by atoms with Crippen molar-refractivity contribution in [3.8, 4) is 0 Å². The maximum Gasteiger partial charge on any atom is 0.310 e. The molecule has 1 saturated heterocycles. The van der Waals surface area contributed by atoms with Gasteiger partial charge in [-0.05, 0) is 13.8 Å². The molecule has 0 bridgehead atoms. The van der Waals surface area contributed by atoms with Crippen molar-refractivity contribution in [2.24, 2.45) is 17.3 Å². The van der Waals surface area contributed by atoms with Crippen molar-refractivity contribution in [1.29, 1.82) is 0 Å². The van der Waals surface area contributed by atoms with E-state index in [1.165, 1.54) is 0 Å². The van der Waals surface area contributed by atoms with Crippen molar-refractivity contribution in [2.75, 3.05) is 6.61 Å². The molecule has 1 aliphatic carbocycles. The molecule has 1 heterocycles. The normalized spacial score (nSPS) is 37.9. The number of nitrogens with zero attached hydrogens (tertiary/aromatic N) is 1. The van der Waals surface area contributed by atoms with Crippen LogP contribution in [0.1, 0.15) is 13.8 Å². The van der Waals surface area contributed by atoms with Gasteiger partial charge in [0.2, 0.25) is 11.8 Å². The van der Waals surface area contributed by atoms with Crippen LogP contribution in [0.3, 0.4) is 0 Å². The Morgan fingerprint density at radius 3 is 2.60 bits per heavy atom. The van der Waals surface area contributed by atoms with Crippen molar-refractivity contribution < 1.29 is 19.1 Å². The molecule has 0 aromatic carbocycles. The zero-order chi connectivity index (χ0) is 11.4. The molecule has 5 nitrogen and oxygen atoms in total. The molecule has 0 radical (unpaired) electrons. The van der Waals surface area contributed by atoms with E-state index < -0.39 is 23.2 Å². The number of carbonyl (C=O) groups excluding carboxylic acids is 3. The molecule has 82 valence electrons. The van der Waals surface area contributed by atoms with Crippen LogP contribution in [-0.4, -0.2) is 28.3 Å². The average molecular weight is 276 g/mol. The number of hydrogen-bond acceptors (Lipinski definition) is 4. The Balaban J connectivity index is 2.21. The van der Waals surface area contributed by atoms with Crippen LogP contribution in [0.2, 0.25) is 0 Å². The van der Waals surface area contributed by atoms with E-state index in [-0.39, 0.29) is 18.4 Å². The van der Waals surface area contributed by atoms with E-state index in [4.69, 9.17) is 4.74 Å². The molecule has 2 fully saturated rings. The van der Waals surface area contributed by atoms with Gasteiger partial charge in [0.1, 0.15) is 0 Å². The van der Waals surface area contributed by atoms with Gasteiger partial charge in [-0.25, -0.2) is 3.93 Å². The number of rotatable bonds is 2. The molecule has 0 aromatic rings. The summed E-state index contributed by atoms with van der Waals surface area (Å²) in [6.45, 7) is 3.58. The summed E-state index contributed by atoms with van der Waals surface area (Å²) in [5.74, 6) is -2.28. The van der Waals surface area contributed by atoms with Gasteiger partial charge in [0.05, 0.1) is 40.0 Å². The predicted octanol–water partition coefficient (Wildman–Crippen LogP) is 0.481. The van der Waals surface area contributed by atoms with E-state index in [9.17, 15) is 14.4 Å². The van der Waals surface area contributed by atoms with E-state index in [0.717, 1.165) is 3.93 Å². The molecule has 0 N–H and O–H groups in total. The molecule has 1 saturated carbocycles. The SMILES string of the molecule is CCOC(=O)C1C2C(=O)N(Br)C(=O)C12C. The largest absolute Gasteiger partial charge is 0.466 e. The molecule has 6 heteroatoms. The second-order valence-electron chi connectivity index (χ2n) is 3.91. The molecular formula is C9H10BrNO4. The monoisotopic (exact) mass is 275 g/mol. The van der Waals surface area contributed by atoms with Gasteiger partial charge in [0.15, 0.2) is 0 Å². The molecule has 3 unspecified atom stereocenters. The van der Waals surface area contributed by atoms with Crippen molar-refractivity contribution in [2.45, 2.75) is 13.8 Å². The van der Waals surface area contributed by atoms with Crippen molar-refractivity contribution in [3.63, 3.8) is 0 Å². The molecule has 3 atom stereocenters. The summed E-state index contributed by atoms with van der Waals surface area (Å²) in [4.78, 5) is 34.6. The molecule has 2 aliphatic rings. The highest BCUT2D eigenvalue weighted by Gasteiger charge is 2.79. The minimum Gasteiger partial charge on any atom is -0.466 e. The Hall–Kier alpha value is -0.910. The Morgan fingerprint density at radius 1 is 1.60 bits per heavy atom. The summed E-state index contributed by atoms with van der Waals surface area (Å²) in [5.41, 5.74) is -0.882. The molecule has 2 amide bonds. The lowest BCUT2D eigenvalue weighted by atomic mass is 10.1. The third kappa shape index (κ3) is 1.11. The first-order chi connectivity index (χ1) is 6.96. The second-order valence-corrected chi connectivity index (χ2v) is 4.62. The minimum atomic E-state index is -0.882. The van der Waals surface area contributed by atoms with Crippen molar-refractivity contribution >= 4 is 33.9 Å². The highest BCUT2D eigenvalue weighted by Crippen LogP contribution is 2.65. The molecule has 1 aliphatic heterocycles. The lowest BCUT2D eigenvalue weighted by molar-refractivity contribution is -0.150. The van der Waals surface area contributed by atoms with Gasteiger partial charge in [-0.3, -0.25) is 14.4 Å². The maximum atomic E-state index is 11.6. The number of imide groups is 1. The van der Waals surface area contributed by atoms with Gasteiger partial charge in [-0.2, -0.15) is 0 Å². The first-order valence-electron chi connectivity index (χ1n) is 4.67. The lowest BCUT2D eigenvalue weighted by Crippen LogP contribution is -2.31. The molecule has 0 spiro atoms. The highest BCUT2D eigenvalue weighted by atomic mass is 79.9. The first kappa shape index (κ1) is 10.6. The Labute approximate surface area is 95.1 Å². The second kappa shape index (κ2) is 3.04. The smallest absolute Gasteiger partial charge is 0.310 e. The van der Waals surface area contributed by atoms with Crippen LogP contribution in [0, 0.1) is 17.3 Å². The zero-order valence-electron chi connectivity index (χ0n) is 8.32.